The van der Waals surface area contributed by atoms with Crippen LogP contribution in [-0.2, 0) is 17.8 Å². The Morgan fingerprint density at radius 2 is 1.74 bits per heavy atom. The van der Waals surface area contributed by atoms with Crippen molar-refractivity contribution in [3.05, 3.63) is 72.4 Å². The van der Waals surface area contributed by atoms with Gasteiger partial charge in [-0.1, -0.05) is 18.7 Å². The number of ether oxygens (including phenoxy) is 1. The number of carbonyl (C=O) groups is 2. The third-order valence-electron chi connectivity index (χ3n) is 8.01. The molecule has 3 amide bonds. The van der Waals surface area contributed by atoms with Crippen LogP contribution in [0.15, 0.2) is 61.3 Å². The van der Waals surface area contributed by atoms with Gasteiger partial charge in [0.1, 0.15) is 11.6 Å². The first-order chi connectivity index (χ1) is 20.8. The molecular weight excluding hydrogens is 544 g/mol. The number of para-hydroxylation sites is 1. The molecule has 0 aliphatic carbocycles. The summed E-state index contributed by atoms with van der Waals surface area (Å²) in [7, 11) is 7.29. The first-order valence-corrected chi connectivity index (χ1v) is 14.5. The van der Waals surface area contributed by atoms with Crippen LogP contribution in [0.4, 0.5) is 33.6 Å². The van der Waals surface area contributed by atoms with Crippen molar-refractivity contribution in [1.82, 2.24) is 19.8 Å². The SMILES string of the molecule is C=CC(=O)N1CCCc2cccc(OC)c21.CN1CCN(c2ccc(Nc3ncc4c(n3)N(C)C(=O)N(C)C4)cc2)CC1. The second-order valence-corrected chi connectivity index (χ2v) is 11.0. The van der Waals surface area contributed by atoms with E-state index in [1.54, 1.807) is 42.1 Å². The van der Waals surface area contributed by atoms with Gasteiger partial charge in [-0.05, 0) is 61.9 Å². The number of anilines is 5. The van der Waals surface area contributed by atoms with Gasteiger partial charge in [0.2, 0.25) is 11.9 Å². The van der Waals surface area contributed by atoms with E-state index in [0.717, 1.165) is 68.3 Å². The first kappa shape index (κ1) is 29.8. The molecule has 4 heterocycles. The van der Waals surface area contributed by atoms with Gasteiger partial charge in [0.15, 0.2) is 0 Å². The van der Waals surface area contributed by atoms with Crippen LogP contribution >= 0.6 is 0 Å². The van der Waals surface area contributed by atoms with Crippen molar-refractivity contribution in [3.63, 3.8) is 0 Å². The van der Waals surface area contributed by atoms with Crippen molar-refractivity contribution < 1.29 is 14.3 Å². The minimum atomic E-state index is -0.0660. The number of urea groups is 1. The molecule has 0 bridgehead atoms. The van der Waals surface area contributed by atoms with Gasteiger partial charge in [0.05, 0.1) is 19.3 Å². The third kappa shape index (κ3) is 6.56. The highest BCUT2D eigenvalue weighted by Crippen LogP contribution is 2.36. The summed E-state index contributed by atoms with van der Waals surface area (Å²) < 4.78 is 5.31. The van der Waals surface area contributed by atoms with E-state index in [1.165, 1.54) is 17.3 Å². The van der Waals surface area contributed by atoms with Gasteiger partial charge < -0.3 is 29.7 Å². The van der Waals surface area contributed by atoms with Crippen LogP contribution < -0.4 is 24.8 Å². The number of benzene rings is 2. The number of piperazine rings is 1. The molecule has 6 rings (SSSR count). The fourth-order valence-electron chi connectivity index (χ4n) is 5.59. The van der Waals surface area contributed by atoms with Crippen LogP contribution in [0.2, 0.25) is 0 Å². The maximum absolute atomic E-state index is 12.1. The molecule has 2 aromatic carbocycles. The summed E-state index contributed by atoms with van der Waals surface area (Å²) in [5.41, 5.74) is 5.17. The molecular formula is C32H40N8O3. The zero-order valence-electron chi connectivity index (χ0n) is 25.4. The Morgan fingerprint density at radius 3 is 2.44 bits per heavy atom. The second kappa shape index (κ2) is 13.1. The highest BCUT2D eigenvalue weighted by Gasteiger charge is 2.27. The highest BCUT2D eigenvalue weighted by molar-refractivity contribution is 6.03. The van der Waals surface area contributed by atoms with Crippen molar-refractivity contribution >= 4 is 40.8 Å². The maximum atomic E-state index is 12.1. The first-order valence-electron chi connectivity index (χ1n) is 14.5. The predicted octanol–water partition coefficient (Wildman–Crippen LogP) is 4.13. The summed E-state index contributed by atoms with van der Waals surface area (Å²) in [5, 5.41) is 3.24. The number of hydrogen-bond donors (Lipinski definition) is 1. The van der Waals surface area contributed by atoms with Crippen LogP contribution in [0, 0.1) is 0 Å². The zero-order valence-corrected chi connectivity index (χ0v) is 25.4. The molecule has 226 valence electrons. The van der Waals surface area contributed by atoms with E-state index in [-0.39, 0.29) is 11.9 Å². The maximum Gasteiger partial charge on any atom is 0.325 e. The average Bonchev–Trinajstić information content (AvgIpc) is 3.04. The molecule has 0 atom stereocenters. The number of rotatable bonds is 5. The monoisotopic (exact) mass is 584 g/mol. The van der Waals surface area contributed by atoms with Crippen LogP contribution in [0.3, 0.4) is 0 Å². The molecule has 0 unspecified atom stereocenters. The zero-order chi connectivity index (χ0) is 30.5. The van der Waals surface area contributed by atoms with E-state index in [2.05, 4.69) is 50.8 Å². The van der Waals surface area contributed by atoms with Crippen molar-refractivity contribution in [2.75, 3.05) is 81.0 Å². The third-order valence-corrected chi connectivity index (χ3v) is 8.01. The van der Waals surface area contributed by atoms with Gasteiger partial charge in [0, 0.05) is 70.0 Å². The lowest BCUT2D eigenvalue weighted by atomic mass is 10.0. The van der Waals surface area contributed by atoms with Crippen LogP contribution in [0.1, 0.15) is 17.5 Å². The number of hydrogen-bond acceptors (Lipinski definition) is 8. The Balaban J connectivity index is 0.000000196. The van der Waals surface area contributed by atoms with Crippen molar-refractivity contribution in [3.8, 4) is 5.75 Å². The number of nitrogens with zero attached hydrogens (tertiary/aromatic N) is 7. The minimum Gasteiger partial charge on any atom is -0.495 e. The van der Waals surface area contributed by atoms with E-state index in [0.29, 0.717) is 18.3 Å². The summed E-state index contributed by atoms with van der Waals surface area (Å²) >= 11 is 0. The standard InChI is InChI=1S/C19H25N7O.C13H15NO2/c1-23-8-10-26(11-9-23)16-6-4-15(5-7-16)21-18-20-12-14-13-24(2)19(27)25(3)17(14)22-18;1-3-12(15)14-9-5-7-10-6-4-8-11(16-2)13(10)14/h4-7,12H,8-11,13H2,1-3H3,(H,20,21,22);3-4,6,8H,1,5,7,9H2,2H3. The number of nitrogens with one attached hydrogen (secondary N) is 1. The quantitative estimate of drug-likeness (QED) is 0.447. The number of methoxy groups -OCH3 is 1. The molecule has 43 heavy (non-hydrogen) atoms. The van der Waals surface area contributed by atoms with Crippen LogP contribution in [0.25, 0.3) is 0 Å². The Bertz CT molecular complexity index is 1460. The summed E-state index contributed by atoms with van der Waals surface area (Å²) in [6.45, 7) is 9.06. The number of amides is 3. The van der Waals surface area contributed by atoms with Gasteiger partial charge >= 0.3 is 6.03 Å². The number of fused-ring (bicyclic) bond motifs is 2. The lowest BCUT2D eigenvalue weighted by Gasteiger charge is -2.34. The summed E-state index contributed by atoms with van der Waals surface area (Å²) in [6.07, 6.45) is 5.11. The van der Waals surface area contributed by atoms with Crippen molar-refractivity contribution in [1.29, 1.82) is 0 Å². The van der Waals surface area contributed by atoms with E-state index < -0.39 is 0 Å². The van der Waals surface area contributed by atoms with Crippen LogP contribution in [0.5, 0.6) is 5.75 Å². The number of aromatic nitrogens is 2. The molecule has 1 aromatic heterocycles. The molecule has 0 radical (unpaired) electrons. The fraction of sp³-hybridized carbons (Fsp3) is 0.375. The molecule has 1 fully saturated rings. The summed E-state index contributed by atoms with van der Waals surface area (Å²) in [6, 6.07) is 14.1. The minimum absolute atomic E-state index is 0.0644. The topological polar surface area (TPSA) is 97.4 Å². The highest BCUT2D eigenvalue weighted by atomic mass is 16.5. The predicted molar refractivity (Wildman–Crippen MR) is 171 cm³/mol. The molecule has 1 N–H and O–H groups in total. The average molecular weight is 585 g/mol. The molecule has 0 spiro atoms. The van der Waals surface area contributed by atoms with E-state index in [1.807, 2.05) is 30.3 Å². The van der Waals surface area contributed by atoms with Crippen LogP contribution in [-0.4, -0.2) is 92.7 Å². The van der Waals surface area contributed by atoms with Gasteiger partial charge in [-0.3, -0.25) is 9.69 Å². The van der Waals surface area contributed by atoms with E-state index in [4.69, 9.17) is 4.74 Å². The molecule has 3 aliphatic heterocycles. The summed E-state index contributed by atoms with van der Waals surface area (Å²) in [4.78, 5) is 42.5. The van der Waals surface area contributed by atoms with E-state index >= 15 is 0 Å². The lowest BCUT2D eigenvalue weighted by molar-refractivity contribution is -0.114. The van der Waals surface area contributed by atoms with Gasteiger partial charge in [-0.15, -0.1) is 0 Å². The van der Waals surface area contributed by atoms with Crippen molar-refractivity contribution in [2.45, 2.75) is 19.4 Å². The molecule has 3 aromatic rings. The lowest BCUT2D eigenvalue weighted by Crippen LogP contribution is -2.44. The van der Waals surface area contributed by atoms with Gasteiger partial charge in [-0.2, -0.15) is 4.98 Å². The second-order valence-electron chi connectivity index (χ2n) is 11.0. The van der Waals surface area contributed by atoms with E-state index in [9.17, 15) is 9.59 Å². The Labute approximate surface area is 253 Å². The molecule has 0 saturated carbocycles. The molecule has 3 aliphatic rings. The Kier molecular flexibility index (Phi) is 9.10. The number of likely N-dealkylation sites (N-methyl/N-ethyl adjacent to an activating group) is 1. The Hall–Kier alpha value is -4.64. The molecule has 1 saturated heterocycles. The Morgan fingerprint density at radius 1 is 1.00 bits per heavy atom. The van der Waals surface area contributed by atoms with Crippen molar-refractivity contribution in [2.24, 2.45) is 0 Å². The molecule has 11 heteroatoms. The molecule has 11 nitrogen and oxygen atoms in total. The van der Waals surface area contributed by atoms with Gasteiger partial charge in [0.25, 0.3) is 0 Å². The van der Waals surface area contributed by atoms with Gasteiger partial charge in [-0.25, -0.2) is 9.78 Å². The smallest absolute Gasteiger partial charge is 0.325 e. The number of carbonyl (C=O) groups excluding carboxylic acids is 2. The largest absolute Gasteiger partial charge is 0.495 e. The number of aryl methyl sites for hydroxylation is 1. The fourth-order valence-corrected chi connectivity index (χ4v) is 5.59. The normalized spacial score (nSPS) is 16.5. The summed E-state index contributed by atoms with van der Waals surface area (Å²) in [5.74, 6) is 1.84.